The lowest BCUT2D eigenvalue weighted by Crippen LogP contribution is -2.37. The van der Waals surface area contributed by atoms with Crippen LogP contribution in [0.3, 0.4) is 0 Å². The van der Waals surface area contributed by atoms with Crippen LogP contribution in [0.2, 0.25) is 0 Å². The van der Waals surface area contributed by atoms with E-state index < -0.39 is 22.5 Å². The number of ether oxygens (including phenoxy) is 3. The third-order valence-corrected chi connectivity index (χ3v) is 5.78. The van der Waals surface area contributed by atoms with E-state index in [2.05, 4.69) is 0 Å². The van der Waals surface area contributed by atoms with Crippen LogP contribution in [0.5, 0.6) is 11.5 Å². The fraction of sp³-hybridized carbons (Fsp3) is 0.318. The Morgan fingerprint density at radius 2 is 1.90 bits per heavy atom. The molecule has 1 heterocycles. The predicted molar refractivity (Wildman–Crippen MR) is 116 cm³/mol. The summed E-state index contributed by atoms with van der Waals surface area (Å²) in [5, 5.41) is -0.307. The van der Waals surface area contributed by atoms with Crippen LogP contribution in [0.1, 0.15) is 30.6 Å². The van der Waals surface area contributed by atoms with E-state index in [0.29, 0.717) is 22.9 Å². The average Bonchev–Trinajstić information content (AvgIpc) is 3.03. The van der Waals surface area contributed by atoms with Crippen LogP contribution in [0.15, 0.2) is 48.5 Å². The maximum atomic E-state index is 11.9. The molecule has 2 N–H and O–H groups in total. The number of methoxy groups -OCH3 is 1. The van der Waals surface area contributed by atoms with E-state index in [1.807, 2.05) is 30.3 Å². The Balaban J connectivity index is 1.63. The zero-order valence-electron chi connectivity index (χ0n) is 17.3. The molecule has 2 atom stereocenters. The lowest BCUT2D eigenvalue weighted by Gasteiger charge is -2.19. The number of carbonyl (C=O) groups is 3. The molecule has 0 bridgehead atoms. The zero-order chi connectivity index (χ0) is 22.4. The molecule has 0 saturated carbocycles. The number of nitrogens with two attached hydrogens (primary N) is 1. The highest BCUT2D eigenvalue weighted by Gasteiger charge is 2.37. The van der Waals surface area contributed by atoms with Crippen LogP contribution in [-0.2, 0) is 20.7 Å². The summed E-state index contributed by atoms with van der Waals surface area (Å²) in [4.78, 5) is 35.3. The summed E-state index contributed by atoms with van der Waals surface area (Å²) < 4.78 is 16.6. The predicted octanol–water partition coefficient (Wildman–Crippen LogP) is 3.25. The maximum absolute atomic E-state index is 11.9. The molecule has 1 saturated heterocycles. The highest BCUT2D eigenvalue weighted by atomic mass is 32.2. The van der Waals surface area contributed by atoms with Gasteiger partial charge >= 0.3 is 11.2 Å². The molecule has 8 nitrogen and oxygen atoms in total. The van der Waals surface area contributed by atoms with Crippen LogP contribution < -0.4 is 15.3 Å². The fourth-order valence-electron chi connectivity index (χ4n) is 2.99. The second-order valence-corrected chi connectivity index (χ2v) is 8.00. The lowest BCUT2D eigenvalue weighted by molar-refractivity contribution is -0.150. The highest BCUT2D eigenvalue weighted by Crippen LogP contribution is 2.28. The van der Waals surface area contributed by atoms with Crippen molar-refractivity contribution in [1.82, 2.24) is 5.01 Å². The quantitative estimate of drug-likeness (QED) is 0.357. The van der Waals surface area contributed by atoms with E-state index in [0.717, 1.165) is 22.9 Å². The van der Waals surface area contributed by atoms with Gasteiger partial charge < -0.3 is 14.2 Å². The Morgan fingerprint density at radius 3 is 2.52 bits per heavy atom. The molecule has 0 aliphatic carbocycles. The molecule has 0 spiro atoms. The number of nitrogens with zero attached hydrogens (tertiary/aromatic N) is 1. The molecular formula is C22H24N2O6S. The molecule has 1 aliphatic rings. The Morgan fingerprint density at radius 1 is 1.16 bits per heavy atom. The maximum Gasteiger partial charge on any atom is 0.306 e. The van der Waals surface area contributed by atoms with Crippen molar-refractivity contribution in [2.24, 2.45) is 5.84 Å². The Kier molecular flexibility index (Phi) is 7.54. The first kappa shape index (κ1) is 22.6. The minimum Gasteiger partial charge on any atom is -0.497 e. The van der Waals surface area contributed by atoms with E-state index >= 15 is 0 Å². The lowest BCUT2D eigenvalue weighted by atomic mass is 10.1. The number of carbonyl (C=O) groups excluding carboxylic acids is 3. The van der Waals surface area contributed by atoms with Gasteiger partial charge in [0.2, 0.25) is 0 Å². The minimum absolute atomic E-state index is 0.131. The number of rotatable bonds is 9. The summed E-state index contributed by atoms with van der Waals surface area (Å²) >= 11 is 0.926. The Bertz CT molecular complexity index is 949. The summed E-state index contributed by atoms with van der Waals surface area (Å²) in [5.41, 5.74) is 1.65. The zero-order valence-corrected chi connectivity index (χ0v) is 18.1. The van der Waals surface area contributed by atoms with Gasteiger partial charge in [0.1, 0.15) is 18.1 Å². The van der Waals surface area contributed by atoms with Gasteiger partial charge in [0, 0.05) is 6.42 Å². The monoisotopic (exact) mass is 444 g/mol. The van der Waals surface area contributed by atoms with Crippen molar-refractivity contribution in [3.63, 3.8) is 0 Å². The van der Waals surface area contributed by atoms with Gasteiger partial charge in [-0.15, -0.1) is 0 Å². The standard InChI is InChI=1S/C22H24N2O6S/c1-3-20(25)30-18(15-5-4-6-17(12-15)28-2)13-29-16-9-7-14(8-10-16)11-19-21(26)24(23)22(27)31-19/h4-10,12,18-19H,3,11,13,23H2,1-2H3. The fourth-order valence-corrected chi connectivity index (χ4v) is 3.93. The number of benzene rings is 2. The van der Waals surface area contributed by atoms with Gasteiger partial charge in [-0.3, -0.25) is 14.4 Å². The van der Waals surface area contributed by atoms with Crippen molar-refractivity contribution in [3.05, 3.63) is 59.7 Å². The summed E-state index contributed by atoms with van der Waals surface area (Å²) in [7, 11) is 1.57. The van der Waals surface area contributed by atoms with Crippen LogP contribution >= 0.6 is 11.8 Å². The Labute approximate surface area is 184 Å². The molecule has 1 aliphatic heterocycles. The number of amides is 2. The molecule has 1 fully saturated rings. The first-order valence-electron chi connectivity index (χ1n) is 9.75. The van der Waals surface area contributed by atoms with Gasteiger partial charge in [-0.05, 0) is 53.6 Å². The number of esters is 1. The van der Waals surface area contributed by atoms with Crippen molar-refractivity contribution >= 4 is 28.9 Å². The normalized spacial score (nSPS) is 16.9. The summed E-state index contributed by atoms with van der Waals surface area (Å²) in [6, 6.07) is 14.5. The van der Waals surface area contributed by atoms with E-state index in [1.165, 1.54) is 0 Å². The summed E-state index contributed by atoms with van der Waals surface area (Å²) in [6.45, 7) is 1.86. The molecule has 2 aromatic rings. The molecule has 2 aromatic carbocycles. The molecule has 3 rings (SSSR count). The van der Waals surface area contributed by atoms with Gasteiger partial charge in [-0.1, -0.05) is 31.2 Å². The van der Waals surface area contributed by atoms with Gasteiger partial charge in [-0.25, -0.2) is 10.9 Å². The number of hydrazine groups is 1. The van der Waals surface area contributed by atoms with Crippen LogP contribution in [0.25, 0.3) is 0 Å². The van der Waals surface area contributed by atoms with Crippen LogP contribution in [0, 0.1) is 0 Å². The van der Waals surface area contributed by atoms with Crippen LogP contribution in [0.4, 0.5) is 4.79 Å². The molecule has 0 aromatic heterocycles. The SMILES string of the molecule is CCC(=O)OC(COc1ccc(CC2SC(=O)N(N)C2=O)cc1)c1cccc(OC)c1. The molecule has 0 radical (unpaired) electrons. The number of hydrogen-bond acceptors (Lipinski definition) is 8. The first-order chi connectivity index (χ1) is 14.9. The van der Waals surface area contributed by atoms with Crippen LogP contribution in [-0.4, -0.2) is 41.1 Å². The second-order valence-electron chi connectivity index (χ2n) is 6.85. The van der Waals surface area contributed by atoms with Gasteiger partial charge in [0.15, 0.2) is 6.10 Å². The molecule has 31 heavy (non-hydrogen) atoms. The molecule has 164 valence electrons. The van der Waals surface area contributed by atoms with E-state index in [4.69, 9.17) is 20.1 Å². The molecular weight excluding hydrogens is 420 g/mol. The smallest absolute Gasteiger partial charge is 0.306 e. The van der Waals surface area contributed by atoms with Gasteiger partial charge in [0.25, 0.3) is 5.91 Å². The molecule has 2 unspecified atom stereocenters. The topological polar surface area (TPSA) is 108 Å². The van der Waals surface area contributed by atoms with Crippen molar-refractivity contribution < 1.29 is 28.6 Å². The van der Waals surface area contributed by atoms with Crippen molar-refractivity contribution in [2.75, 3.05) is 13.7 Å². The van der Waals surface area contributed by atoms with Gasteiger partial charge in [0.05, 0.1) is 12.4 Å². The number of imide groups is 1. The first-order valence-corrected chi connectivity index (χ1v) is 10.6. The van der Waals surface area contributed by atoms with Crippen molar-refractivity contribution in [1.29, 1.82) is 0 Å². The number of thioether (sulfide) groups is 1. The summed E-state index contributed by atoms with van der Waals surface area (Å²) in [6.07, 6.45) is 0.0656. The third-order valence-electron chi connectivity index (χ3n) is 4.73. The second kappa shape index (κ2) is 10.3. The summed E-state index contributed by atoms with van der Waals surface area (Å²) in [5.74, 6) is 5.95. The highest BCUT2D eigenvalue weighted by molar-refractivity contribution is 8.15. The average molecular weight is 445 g/mol. The van der Waals surface area contributed by atoms with E-state index in [1.54, 1.807) is 32.2 Å². The Hall–Kier alpha value is -3.04. The third kappa shape index (κ3) is 5.77. The minimum atomic E-state index is -0.587. The van der Waals surface area contributed by atoms with Gasteiger partial charge in [-0.2, -0.15) is 0 Å². The number of hydrogen-bond donors (Lipinski definition) is 1. The van der Waals surface area contributed by atoms with E-state index in [-0.39, 0.29) is 19.0 Å². The van der Waals surface area contributed by atoms with Crippen molar-refractivity contribution in [2.45, 2.75) is 31.1 Å². The largest absolute Gasteiger partial charge is 0.497 e. The molecule has 9 heteroatoms. The van der Waals surface area contributed by atoms with E-state index in [9.17, 15) is 14.4 Å². The molecule has 2 amide bonds. The van der Waals surface area contributed by atoms with Crippen molar-refractivity contribution in [3.8, 4) is 11.5 Å².